The molecule has 0 nitrogen and oxygen atoms in total. The Kier molecular flexibility index (Phi) is 7.22. The van der Waals surface area contributed by atoms with Crippen LogP contribution in [0, 0.1) is 6.07 Å². The van der Waals surface area contributed by atoms with E-state index in [9.17, 15) is 0 Å². The molecule has 20 heavy (non-hydrogen) atoms. The maximum atomic E-state index is 3.41. The first-order valence-electron chi connectivity index (χ1n) is 6.20. The summed E-state index contributed by atoms with van der Waals surface area (Å²) in [7, 11) is 0. The van der Waals surface area contributed by atoms with Gasteiger partial charge in [-0.25, -0.2) is 0 Å². The Labute approximate surface area is 153 Å². The molecule has 0 fully saturated rings. The Hall–Kier alpha value is -0.0969. The van der Waals surface area contributed by atoms with Crippen LogP contribution in [0.4, 0.5) is 0 Å². The van der Waals surface area contributed by atoms with Gasteiger partial charge in [-0.15, -0.1) is 16.7 Å². The number of halogens is 2. The minimum Gasteiger partial charge on any atom is -1.00 e. The van der Waals surface area contributed by atoms with E-state index in [1.807, 2.05) is 0 Å². The molecule has 0 saturated heterocycles. The van der Waals surface area contributed by atoms with E-state index in [1.165, 1.54) is 27.8 Å². The van der Waals surface area contributed by atoms with Crippen LogP contribution >= 0.6 is 0 Å². The monoisotopic (exact) mass is 381 g/mol. The Balaban J connectivity index is 0.00000120. The molecule has 0 unspecified atom stereocenters. The molecule has 0 amide bonds. The first-order chi connectivity index (χ1) is 8.07. The smallest absolute Gasteiger partial charge is 1.00 e. The summed E-state index contributed by atoms with van der Waals surface area (Å²) in [4.78, 5) is 0. The fourth-order valence-electron chi connectivity index (χ4n) is 2.72. The number of rotatable bonds is 0. The fourth-order valence-corrected chi connectivity index (χ4v) is 2.72. The molecule has 1 aliphatic rings. The van der Waals surface area contributed by atoms with Crippen molar-refractivity contribution in [1.82, 2.24) is 0 Å². The average Bonchev–Trinajstić information content (AvgIpc) is 2.65. The van der Waals surface area contributed by atoms with Crippen LogP contribution in [-0.2, 0) is 38.0 Å². The van der Waals surface area contributed by atoms with Crippen molar-refractivity contribution in [3.63, 3.8) is 0 Å². The van der Waals surface area contributed by atoms with Gasteiger partial charge >= 0.3 is 26.2 Å². The molecule has 0 heterocycles. The molecule has 103 valence electrons. The molecule has 0 spiro atoms. The van der Waals surface area contributed by atoms with E-state index in [0.29, 0.717) is 0 Å². The predicted octanol–water partition coefficient (Wildman–Crippen LogP) is -1.64. The second kappa shape index (κ2) is 7.25. The van der Waals surface area contributed by atoms with Crippen LogP contribution in [0.5, 0.6) is 0 Å². The molecule has 0 aliphatic heterocycles. The molecule has 2 aromatic rings. The van der Waals surface area contributed by atoms with Gasteiger partial charge < -0.3 is 24.8 Å². The van der Waals surface area contributed by atoms with Crippen molar-refractivity contribution in [2.24, 2.45) is 0 Å². The van der Waals surface area contributed by atoms with Crippen molar-refractivity contribution in [1.29, 1.82) is 0 Å². The molecule has 0 saturated carbocycles. The van der Waals surface area contributed by atoms with E-state index in [0.717, 1.165) is 6.42 Å². The average molecular weight is 383 g/mol. The van der Waals surface area contributed by atoms with E-state index in [-0.39, 0.29) is 56.4 Å². The summed E-state index contributed by atoms with van der Waals surface area (Å²) >= 11 is 0. The summed E-state index contributed by atoms with van der Waals surface area (Å²) in [6.45, 7) is 6.84. The molecule has 0 N–H and O–H groups in total. The summed E-state index contributed by atoms with van der Waals surface area (Å²) in [5, 5.41) is 0. The number of hydrogen-bond donors (Lipinski definition) is 0. The normalized spacial score (nSPS) is 11.3. The number of hydrogen-bond acceptors (Lipinski definition) is 0. The van der Waals surface area contributed by atoms with Crippen LogP contribution in [0.3, 0.4) is 0 Å². The van der Waals surface area contributed by atoms with Gasteiger partial charge in [0.1, 0.15) is 0 Å². The maximum Gasteiger partial charge on any atom is 3.00 e. The van der Waals surface area contributed by atoms with Crippen molar-refractivity contribution in [2.75, 3.05) is 0 Å². The van der Waals surface area contributed by atoms with Gasteiger partial charge in [-0.05, 0) is 11.8 Å². The topological polar surface area (TPSA) is 0 Å². The zero-order valence-corrected chi connectivity index (χ0v) is 15.9. The van der Waals surface area contributed by atoms with Gasteiger partial charge in [0, 0.05) is 0 Å². The van der Waals surface area contributed by atoms with E-state index >= 15 is 0 Å². The van der Waals surface area contributed by atoms with E-state index < -0.39 is 0 Å². The largest absolute Gasteiger partial charge is 3.00 e. The summed E-state index contributed by atoms with van der Waals surface area (Å²) in [6, 6.07) is 16.4. The quantitative estimate of drug-likeness (QED) is 0.409. The zero-order chi connectivity index (χ0) is 12.0. The van der Waals surface area contributed by atoms with E-state index in [2.05, 4.69) is 63.2 Å². The molecule has 0 aromatic heterocycles. The van der Waals surface area contributed by atoms with E-state index in [1.54, 1.807) is 0 Å². The van der Waals surface area contributed by atoms with Crippen molar-refractivity contribution < 1.29 is 51.0 Å². The van der Waals surface area contributed by atoms with Gasteiger partial charge in [-0.3, -0.25) is 0 Å². The van der Waals surface area contributed by atoms with Crippen molar-refractivity contribution in [3.8, 4) is 11.1 Å². The van der Waals surface area contributed by atoms with Crippen LogP contribution < -0.4 is 24.8 Å². The minimum atomic E-state index is 0. The molecule has 3 heteroatoms. The van der Waals surface area contributed by atoms with Gasteiger partial charge in [0.05, 0.1) is 0 Å². The van der Waals surface area contributed by atoms with Gasteiger partial charge in [0.15, 0.2) is 0 Å². The molecular formula is C17H17Cl2Zr. The van der Waals surface area contributed by atoms with Crippen molar-refractivity contribution in [2.45, 2.75) is 32.6 Å². The molecular weight excluding hydrogens is 366 g/mol. The Bertz CT molecular complexity index is 586. The standard InChI is InChI=1S/C17H17.2ClH.Zr/c1-17(2,3)15-10-6-8-13-11-12-7-4-5-9-14(12)16(13)15;;;/h4-7,9-10H,11H2,1-3H3;2*1H;/q-1;;;+3/p-2. The molecule has 1 aliphatic carbocycles. The zero-order valence-electron chi connectivity index (χ0n) is 11.9. The second-order valence-electron chi connectivity index (χ2n) is 5.83. The van der Waals surface area contributed by atoms with Crippen LogP contribution in [0.2, 0.25) is 0 Å². The third-order valence-electron chi connectivity index (χ3n) is 3.54. The summed E-state index contributed by atoms with van der Waals surface area (Å²) in [5.41, 5.74) is 7.27. The molecule has 3 rings (SSSR count). The van der Waals surface area contributed by atoms with Gasteiger partial charge in [0.2, 0.25) is 0 Å². The van der Waals surface area contributed by atoms with Crippen LogP contribution in [-0.4, -0.2) is 0 Å². The first kappa shape index (κ1) is 19.9. The van der Waals surface area contributed by atoms with Gasteiger partial charge in [0.25, 0.3) is 0 Å². The summed E-state index contributed by atoms with van der Waals surface area (Å²) < 4.78 is 0. The Morgan fingerprint density at radius 3 is 2.30 bits per heavy atom. The molecule has 1 radical (unpaired) electrons. The Morgan fingerprint density at radius 1 is 1.00 bits per heavy atom. The number of benzene rings is 2. The van der Waals surface area contributed by atoms with Crippen LogP contribution in [0.15, 0.2) is 36.4 Å². The second-order valence-corrected chi connectivity index (χ2v) is 5.83. The van der Waals surface area contributed by atoms with Crippen molar-refractivity contribution >= 4 is 0 Å². The van der Waals surface area contributed by atoms with Crippen molar-refractivity contribution in [3.05, 3.63) is 59.2 Å². The van der Waals surface area contributed by atoms with Gasteiger partial charge in [-0.2, -0.15) is 18.2 Å². The van der Waals surface area contributed by atoms with Crippen LogP contribution in [0.1, 0.15) is 37.5 Å². The third kappa shape index (κ3) is 3.38. The predicted molar refractivity (Wildman–Crippen MR) is 72.2 cm³/mol. The fraction of sp³-hybridized carbons (Fsp3) is 0.294. The minimum absolute atomic E-state index is 0. The molecule has 2 aromatic carbocycles. The van der Waals surface area contributed by atoms with E-state index in [4.69, 9.17) is 0 Å². The SMILES string of the molecule is CC(C)(C)c1cc[c-]c2c1-c1ccccc1C2.[Cl-].[Cl-].[Zr+3]. The third-order valence-corrected chi connectivity index (χ3v) is 3.54. The maximum absolute atomic E-state index is 3.41. The Morgan fingerprint density at radius 2 is 1.65 bits per heavy atom. The molecule has 0 bridgehead atoms. The molecule has 0 atom stereocenters. The summed E-state index contributed by atoms with van der Waals surface area (Å²) in [6.07, 6.45) is 1.04. The number of fused-ring (bicyclic) bond motifs is 3. The van der Waals surface area contributed by atoms with Gasteiger partial charge in [-0.1, -0.05) is 56.2 Å². The van der Waals surface area contributed by atoms with Crippen LogP contribution in [0.25, 0.3) is 11.1 Å². The first-order valence-corrected chi connectivity index (χ1v) is 6.20. The summed E-state index contributed by atoms with van der Waals surface area (Å²) in [5.74, 6) is 0.